The number of hydrogen-bond donors (Lipinski definition) is 0. The van der Waals surface area contributed by atoms with E-state index in [4.69, 9.17) is 9.64 Å². The molecule has 0 aromatic carbocycles. The minimum Gasteiger partial charge on any atom is -0.471 e. The van der Waals surface area contributed by atoms with Crippen LogP contribution in [-0.2, 0) is 0 Å². The molecule has 0 fully saturated rings. The van der Waals surface area contributed by atoms with Crippen LogP contribution in [-0.4, -0.2) is 22.3 Å². The van der Waals surface area contributed by atoms with E-state index in [1.165, 1.54) is 4.88 Å². The van der Waals surface area contributed by atoms with E-state index >= 15 is 0 Å². The van der Waals surface area contributed by atoms with Crippen molar-refractivity contribution in [2.75, 3.05) is 0 Å². The third kappa shape index (κ3) is 7.27. The Kier molecular flexibility index (Phi) is 6.47. The summed E-state index contributed by atoms with van der Waals surface area (Å²) < 4.78 is 4.87. The molecule has 0 aliphatic carbocycles. The van der Waals surface area contributed by atoms with Crippen molar-refractivity contribution in [1.29, 1.82) is 0 Å². The Balaban J connectivity index is 0.00000256. The first kappa shape index (κ1) is 17.2. The van der Waals surface area contributed by atoms with Crippen molar-refractivity contribution in [2.24, 2.45) is 4.66 Å². The molecular weight excluding hydrogens is 255 g/mol. The van der Waals surface area contributed by atoms with Crippen molar-refractivity contribution in [2.45, 2.75) is 39.3 Å². The summed E-state index contributed by atoms with van der Waals surface area (Å²) in [5.74, 6) is 0.994. The Bertz CT molecular complexity index is 364. The van der Waals surface area contributed by atoms with E-state index in [0.717, 1.165) is 5.84 Å². The summed E-state index contributed by atoms with van der Waals surface area (Å²) in [6.07, 6.45) is 0. The summed E-state index contributed by atoms with van der Waals surface area (Å²) in [6, 6.07) is 4.19. The van der Waals surface area contributed by atoms with E-state index < -0.39 is 16.5 Å². The third-order valence-corrected chi connectivity index (χ3v) is 4.26. The first-order chi connectivity index (χ1) is 7.17. The Labute approximate surface area is 123 Å². The summed E-state index contributed by atoms with van der Waals surface area (Å²) in [5, 5.41) is 2.09. The van der Waals surface area contributed by atoms with Gasteiger partial charge in [-0.1, -0.05) is 51.2 Å². The van der Waals surface area contributed by atoms with Gasteiger partial charge in [0, 0.05) is 21.3 Å². The second-order valence-electron chi connectivity index (χ2n) is 5.87. The smallest absolute Gasteiger partial charge is 0.471 e. The van der Waals surface area contributed by atoms with E-state index in [-0.39, 0.29) is 18.9 Å². The van der Waals surface area contributed by atoms with Gasteiger partial charge in [-0.2, -0.15) is 0 Å². The number of thiophene rings is 1. The Morgan fingerprint density at radius 1 is 1.18 bits per heavy atom. The van der Waals surface area contributed by atoms with E-state index in [2.05, 4.69) is 56.8 Å². The van der Waals surface area contributed by atoms with Crippen molar-refractivity contribution in [1.82, 2.24) is 0 Å². The molecule has 1 heterocycles. The molecule has 90 valence electrons. The average molecular weight is 276 g/mol. The van der Waals surface area contributed by atoms with Gasteiger partial charge in [0.15, 0.2) is 0 Å². The van der Waals surface area contributed by atoms with E-state index in [1.54, 1.807) is 11.3 Å². The largest absolute Gasteiger partial charge is 1.00 e. The molecule has 2 nitrogen and oxygen atoms in total. The molecule has 0 unspecified atom stereocenters. The first-order valence-corrected chi connectivity index (χ1v) is 13.3. The number of rotatable bonds is 3. The van der Waals surface area contributed by atoms with E-state index in [0.29, 0.717) is 0 Å². The normalized spacial score (nSPS) is 13.2. The van der Waals surface area contributed by atoms with Crippen LogP contribution in [0.4, 0.5) is 0 Å². The third-order valence-electron chi connectivity index (χ3n) is 1.62. The van der Waals surface area contributed by atoms with Gasteiger partial charge in [-0.15, -0.1) is 11.3 Å². The average Bonchev–Trinajstić information content (AvgIpc) is 2.47. The topological polar surface area (TPSA) is 26.5 Å². The molecule has 0 N–H and O–H groups in total. The van der Waals surface area contributed by atoms with Crippen molar-refractivity contribution in [3.63, 3.8) is 0 Å². The van der Waals surface area contributed by atoms with Crippen LogP contribution in [0.2, 0.25) is 39.3 Å². The van der Waals surface area contributed by atoms with Gasteiger partial charge in [0.1, 0.15) is 0 Å². The van der Waals surface area contributed by atoms with Gasteiger partial charge in [0.2, 0.25) is 0 Å². The fraction of sp³-hybridized carbons (Fsp3) is 0.545. The van der Waals surface area contributed by atoms with Gasteiger partial charge in [-0.3, -0.25) is 0 Å². The van der Waals surface area contributed by atoms with E-state index in [9.17, 15) is 0 Å². The molecular formula is C11H21LiN2SSi2. The Hall–Kier alpha value is 0.201. The molecule has 0 radical (unpaired) electrons. The summed E-state index contributed by atoms with van der Waals surface area (Å²) >= 11 is 1.73. The fourth-order valence-electron chi connectivity index (χ4n) is 1.18. The zero-order chi connectivity index (χ0) is 12.4. The molecule has 0 aliphatic heterocycles. The maximum Gasteiger partial charge on any atom is 1.00 e. The fourth-order valence-corrected chi connectivity index (χ4v) is 3.71. The molecule has 17 heavy (non-hydrogen) atoms. The van der Waals surface area contributed by atoms with Crippen molar-refractivity contribution in [3.05, 3.63) is 27.4 Å². The van der Waals surface area contributed by atoms with Gasteiger partial charge < -0.3 is 9.64 Å². The molecule has 0 saturated heterocycles. The molecule has 1 aromatic heterocycles. The van der Waals surface area contributed by atoms with Crippen LogP contribution in [0.15, 0.2) is 22.2 Å². The maximum atomic E-state index is 4.87. The van der Waals surface area contributed by atoms with Crippen molar-refractivity contribution in [3.8, 4) is 0 Å². The second kappa shape index (κ2) is 6.39. The zero-order valence-corrected chi connectivity index (χ0v) is 14.9. The number of nitrogens with zero attached hydrogens (tertiary/aromatic N) is 2. The molecule has 0 spiro atoms. The zero-order valence-electron chi connectivity index (χ0n) is 12.0. The molecule has 0 atom stereocenters. The van der Waals surface area contributed by atoms with Crippen molar-refractivity contribution < 1.29 is 18.9 Å². The first-order valence-electron chi connectivity index (χ1n) is 5.54. The van der Waals surface area contributed by atoms with Crippen molar-refractivity contribution >= 4 is 33.6 Å². The van der Waals surface area contributed by atoms with Crippen LogP contribution in [0.3, 0.4) is 0 Å². The predicted octanol–water partition coefficient (Wildman–Crippen LogP) is 1.54. The van der Waals surface area contributed by atoms with Crippen LogP contribution < -0.4 is 18.9 Å². The second-order valence-corrected chi connectivity index (χ2v) is 15.9. The van der Waals surface area contributed by atoms with Gasteiger partial charge in [0.25, 0.3) is 0 Å². The minimum absolute atomic E-state index is 0. The van der Waals surface area contributed by atoms with Crippen LogP contribution >= 0.6 is 11.3 Å². The van der Waals surface area contributed by atoms with E-state index in [1.807, 2.05) is 0 Å². The molecule has 6 heteroatoms. The van der Waals surface area contributed by atoms with Crippen LogP contribution in [0.25, 0.3) is 4.98 Å². The standard InChI is InChI=1S/C11H21N2SSi2.Li/c1-15(2,3)12-11(13-16(4,5)6)10-8-7-9-14-10;/h7-9H,1-6H3;/q-1;+1. The Morgan fingerprint density at radius 2 is 1.76 bits per heavy atom. The Morgan fingerprint density at radius 3 is 2.12 bits per heavy atom. The molecule has 0 aliphatic rings. The number of amidine groups is 1. The molecule has 1 rings (SSSR count). The molecule has 0 bridgehead atoms. The summed E-state index contributed by atoms with van der Waals surface area (Å²) in [7, 11) is -2.91. The predicted molar refractivity (Wildman–Crippen MR) is 80.9 cm³/mol. The van der Waals surface area contributed by atoms with Gasteiger partial charge in [0.05, 0.1) is 0 Å². The molecule has 1 aromatic rings. The van der Waals surface area contributed by atoms with Gasteiger partial charge in [-0.25, -0.2) is 0 Å². The quantitative estimate of drug-likeness (QED) is 0.455. The van der Waals surface area contributed by atoms with Crippen LogP contribution in [0.5, 0.6) is 0 Å². The number of hydrogen-bond acceptors (Lipinski definition) is 2. The summed E-state index contributed by atoms with van der Waals surface area (Å²) in [5.41, 5.74) is 0. The van der Waals surface area contributed by atoms with Crippen LogP contribution in [0.1, 0.15) is 4.88 Å². The van der Waals surface area contributed by atoms with Gasteiger partial charge >= 0.3 is 18.9 Å². The molecule has 0 amide bonds. The minimum atomic E-state index is -1.45. The SMILES string of the molecule is C[Si](C)(C)/N=C(\[N-][Si](C)(C)C)c1cccs1.[Li+]. The van der Waals surface area contributed by atoms with Crippen LogP contribution in [0, 0.1) is 0 Å². The molecule has 0 saturated carbocycles. The monoisotopic (exact) mass is 276 g/mol. The summed E-state index contributed by atoms with van der Waals surface area (Å²) in [6.45, 7) is 13.5. The maximum absolute atomic E-state index is 4.87. The summed E-state index contributed by atoms with van der Waals surface area (Å²) in [4.78, 5) is 6.08. The van der Waals surface area contributed by atoms with Gasteiger partial charge in [-0.05, 0) is 11.4 Å².